The van der Waals surface area contributed by atoms with Gasteiger partial charge in [0.25, 0.3) is 5.91 Å². The minimum Gasteiger partial charge on any atom is -0.326 e. The molecular formula is C10H19N3O4S. The first kappa shape index (κ1) is 14.9. The van der Waals surface area contributed by atoms with Crippen LogP contribution in [-0.4, -0.2) is 62.0 Å². The highest BCUT2D eigenvalue weighted by Crippen LogP contribution is 2.13. The topological polar surface area (TPSA) is 86.8 Å². The zero-order valence-electron chi connectivity index (χ0n) is 11.0. The Kier molecular flexibility index (Phi) is 4.33. The van der Waals surface area contributed by atoms with Gasteiger partial charge in [-0.1, -0.05) is 13.8 Å². The summed E-state index contributed by atoms with van der Waals surface area (Å²) in [5, 5.41) is 2.59. The van der Waals surface area contributed by atoms with Crippen LogP contribution in [0.2, 0.25) is 0 Å². The van der Waals surface area contributed by atoms with Gasteiger partial charge in [-0.25, -0.2) is 17.5 Å². The first-order chi connectivity index (χ1) is 8.14. The monoisotopic (exact) mass is 277 g/mol. The minimum absolute atomic E-state index is 0.0130. The van der Waals surface area contributed by atoms with Crippen molar-refractivity contribution in [1.82, 2.24) is 14.5 Å². The van der Waals surface area contributed by atoms with Crippen molar-refractivity contribution in [2.24, 2.45) is 5.92 Å². The molecule has 1 heterocycles. The Hall–Kier alpha value is -1.15. The van der Waals surface area contributed by atoms with Gasteiger partial charge in [0.2, 0.25) is 10.0 Å². The summed E-state index contributed by atoms with van der Waals surface area (Å²) in [6.07, 6.45) is 1.08. The molecule has 3 amide bonds. The minimum atomic E-state index is -3.30. The maximum Gasteiger partial charge on any atom is 0.324 e. The molecule has 1 aliphatic rings. The average molecular weight is 277 g/mol. The first-order valence-corrected chi connectivity index (χ1v) is 7.52. The van der Waals surface area contributed by atoms with E-state index in [-0.39, 0.29) is 24.9 Å². The number of nitrogens with zero attached hydrogens (tertiary/aromatic N) is 2. The largest absolute Gasteiger partial charge is 0.326 e. The molecule has 1 aliphatic heterocycles. The average Bonchev–Trinajstić information content (AvgIpc) is 2.50. The molecule has 0 aromatic heterocycles. The number of amides is 3. The molecule has 1 atom stereocenters. The van der Waals surface area contributed by atoms with Crippen LogP contribution in [0, 0.1) is 5.92 Å². The summed E-state index contributed by atoms with van der Waals surface area (Å²) >= 11 is 0. The molecule has 0 aromatic carbocycles. The Morgan fingerprint density at radius 2 is 1.94 bits per heavy atom. The van der Waals surface area contributed by atoms with Gasteiger partial charge in [0.15, 0.2) is 0 Å². The molecule has 104 valence electrons. The first-order valence-electron chi connectivity index (χ1n) is 5.67. The predicted molar refractivity (Wildman–Crippen MR) is 66.3 cm³/mol. The summed E-state index contributed by atoms with van der Waals surface area (Å²) in [5.41, 5.74) is 0. The molecule has 0 bridgehead atoms. The van der Waals surface area contributed by atoms with Crippen molar-refractivity contribution in [1.29, 1.82) is 0 Å². The molecule has 0 radical (unpaired) electrons. The molecule has 1 unspecified atom stereocenters. The normalized spacial score (nSPS) is 21.0. The summed E-state index contributed by atoms with van der Waals surface area (Å²) in [5.74, 6) is -0.281. The van der Waals surface area contributed by atoms with E-state index in [1.165, 1.54) is 7.05 Å². The lowest BCUT2D eigenvalue weighted by molar-refractivity contribution is -0.128. The standard InChI is InChI=1S/C10H19N3O4S/c1-7(2)8-9(14)13(10(15)11-8)6-5-12(3)18(4,16)17/h7-8H,5-6H2,1-4H3,(H,11,15). The van der Waals surface area contributed by atoms with Crippen LogP contribution in [0.1, 0.15) is 13.8 Å². The molecule has 0 aliphatic carbocycles. The van der Waals surface area contributed by atoms with Crippen molar-refractivity contribution in [3.63, 3.8) is 0 Å². The van der Waals surface area contributed by atoms with Crippen LogP contribution in [0.5, 0.6) is 0 Å². The second-order valence-corrected chi connectivity index (χ2v) is 6.83. The maximum atomic E-state index is 11.9. The molecular weight excluding hydrogens is 258 g/mol. The third-order valence-electron chi connectivity index (χ3n) is 2.93. The summed E-state index contributed by atoms with van der Waals surface area (Å²) in [6, 6.07) is -0.971. The molecule has 0 aromatic rings. The van der Waals surface area contributed by atoms with Gasteiger partial charge in [-0.05, 0) is 5.92 Å². The molecule has 0 saturated carbocycles. The Balaban J connectivity index is 2.64. The Labute approximate surface area is 107 Å². The smallest absolute Gasteiger partial charge is 0.324 e. The summed E-state index contributed by atoms with van der Waals surface area (Å²) in [7, 11) is -1.89. The number of urea groups is 1. The van der Waals surface area contributed by atoms with Crippen LogP contribution < -0.4 is 5.32 Å². The van der Waals surface area contributed by atoms with E-state index >= 15 is 0 Å². The number of nitrogens with one attached hydrogen (secondary N) is 1. The quantitative estimate of drug-likeness (QED) is 0.683. The van der Waals surface area contributed by atoms with Crippen molar-refractivity contribution in [2.45, 2.75) is 19.9 Å². The molecule has 1 fully saturated rings. The Morgan fingerprint density at radius 3 is 2.33 bits per heavy atom. The zero-order valence-corrected chi connectivity index (χ0v) is 11.8. The van der Waals surface area contributed by atoms with Crippen molar-refractivity contribution >= 4 is 22.0 Å². The highest BCUT2D eigenvalue weighted by Gasteiger charge is 2.39. The van der Waals surface area contributed by atoms with Gasteiger partial charge in [-0.15, -0.1) is 0 Å². The summed E-state index contributed by atoms with van der Waals surface area (Å²) < 4.78 is 23.5. The van der Waals surface area contributed by atoms with Crippen LogP contribution in [0.25, 0.3) is 0 Å². The van der Waals surface area contributed by atoms with E-state index in [4.69, 9.17) is 0 Å². The van der Waals surface area contributed by atoms with Crippen molar-refractivity contribution in [3.8, 4) is 0 Å². The summed E-state index contributed by atoms with van der Waals surface area (Å²) in [4.78, 5) is 24.5. The Bertz CT molecular complexity index is 446. The van der Waals surface area contributed by atoms with Crippen molar-refractivity contribution in [3.05, 3.63) is 0 Å². The number of rotatable bonds is 5. The van der Waals surface area contributed by atoms with E-state index in [9.17, 15) is 18.0 Å². The number of imide groups is 1. The number of sulfonamides is 1. The van der Waals surface area contributed by atoms with Gasteiger partial charge in [0.1, 0.15) is 6.04 Å². The molecule has 1 N–H and O–H groups in total. The lowest BCUT2D eigenvalue weighted by Gasteiger charge is -2.18. The van der Waals surface area contributed by atoms with Gasteiger partial charge in [0, 0.05) is 20.1 Å². The number of likely N-dealkylation sites (N-methyl/N-ethyl adjacent to an activating group) is 1. The fourth-order valence-corrected chi connectivity index (χ4v) is 2.02. The van der Waals surface area contributed by atoms with E-state index < -0.39 is 22.1 Å². The number of hydrogen-bond acceptors (Lipinski definition) is 4. The van der Waals surface area contributed by atoms with Crippen LogP contribution in [0.15, 0.2) is 0 Å². The molecule has 1 rings (SSSR count). The van der Waals surface area contributed by atoms with Crippen LogP contribution in [0.4, 0.5) is 4.79 Å². The third-order valence-corrected chi connectivity index (χ3v) is 4.24. The van der Waals surface area contributed by atoms with E-state index in [1.807, 2.05) is 13.8 Å². The van der Waals surface area contributed by atoms with Gasteiger partial charge >= 0.3 is 6.03 Å². The maximum absolute atomic E-state index is 11.9. The number of carbonyl (C=O) groups is 2. The van der Waals surface area contributed by atoms with Gasteiger partial charge in [0.05, 0.1) is 6.26 Å². The lowest BCUT2D eigenvalue weighted by atomic mass is 10.1. The third kappa shape index (κ3) is 3.20. The van der Waals surface area contributed by atoms with Crippen molar-refractivity contribution in [2.75, 3.05) is 26.4 Å². The van der Waals surface area contributed by atoms with Gasteiger partial charge in [-0.2, -0.15) is 0 Å². The van der Waals surface area contributed by atoms with Crippen LogP contribution in [-0.2, 0) is 14.8 Å². The SMILES string of the molecule is CC(C)C1NC(=O)N(CCN(C)S(C)(=O)=O)C1=O. The van der Waals surface area contributed by atoms with Gasteiger partial charge < -0.3 is 5.32 Å². The molecule has 1 saturated heterocycles. The second-order valence-electron chi connectivity index (χ2n) is 4.75. The molecule has 0 spiro atoms. The highest BCUT2D eigenvalue weighted by molar-refractivity contribution is 7.88. The fourth-order valence-electron chi connectivity index (χ4n) is 1.61. The number of carbonyl (C=O) groups excluding carboxylic acids is 2. The molecule has 18 heavy (non-hydrogen) atoms. The number of hydrogen-bond donors (Lipinski definition) is 1. The van der Waals surface area contributed by atoms with E-state index in [2.05, 4.69) is 5.32 Å². The summed E-state index contributed by atoms with van der Waals surface area (Å²) in [6.45, 7) is 3.85. The van der Waals surface area contributed by atoms with Crippen LogP contribution in [0.3, 0.4) is 0 Å². The lowest BCUT2D eigenvalue weighted by Crippen LogP contribution is -2.40. The molecule has 7 nitrogen and oxygen atoms in total. The zero-order chi connectivity index (χ0) is 14.1. The van der Waals surface area contributed by atoms with E-state index in [0.717, 1.165) is 15.5 Å². The second kappa shape index (κ2) is 5.23. The van der Waals surface area contributed by atoms with E-state index in [1.54, 1.807) is 0 Å². The Morgan fingerprint density at radius 1 is 1.39 bits per heavy atom. The van der Waals surface area contributed by atoms with Gasteiger partial charge in [-0.3, -0.25) is 9.69 Å². The van der Waals surface area contributed by atoms with Crippen molar-refractivity contribution < 1.29 is 18.0 Å². The highest BCUT2D eigenvalue weighted by atomic mass is 32.2. The fraction of sp³-hybridized carbons (Fsp3) is 0.800. The molecule has 8 heteroatoms. The van der Waals surface area contributed by atoms with E-state index in [0.29, 0.717) is 0 Å². The van der Waals surface area contributed by atoms with Crippen LogP contribution >= 0.6 is 0 Å². The predicted octanol–water partition coefficient (Wildman–Crippen LogP) is -0.546.